The summed E-state index contributed by atoms with van der Waals surface area (Å²) in [5, 5.41) is 2.92. The number of likely N-dealkylation sites (N-methyl/N-ethyl adjacent to an activating group) is 1. The molecule has 1 unspecified atom stereocenters. The summed E-state index contributed by atoms with van der Waals surface area (Å²) < 4.78 is 38.0. The van der Waals surface area contributed by atoms with E-state index in [4.69, 9.17) is 9.47 Å². The van der Waals surface area contributed by atoms with Crippen LogP contribution in [0.3, 0.4) is 0 Å². The molecule has 0 spiro atoms. The first-order chi connectivity index (χ1) is 16.7. The van der Waals surface area contributed by atoms with Gasteiger partial charge in [-0.2, -0.15) is 0 Å². The molecule has 1 amide bonds. The van der Waals surface area contributed by atoms with Crippen molar-refractivity contribution in [2.45, 2.75) is 10.9 Å². The molecule has 3 aromatic rings. The predicted molar refractivity (Wildman–Crippen MR) is 137 cm³/mol. The van der Waals surface area contributed by atoms with Gasteiger partial charge in [0.15, 0.2) is 0 Å². The predicted octanol–water partition coefficient (Wildman–Crippen LogP) is 3.56. The number of amides is 1. The third-order valence-electron chi connectivity index (χ3n) is 5.75. The number of benzene rings is 3. The smallest absolute Gasteiger partial charge is 0.264 e. The average Bonchev–Trinajstić information content (AvgIpc) is 2.88. The van der Waals surface area contributed by atoms with Gasteiger partial charge in [0.25, 0.3) is 15.9 Å². The minimum absolute atomic E-state index is 0.0282. The topological polar surface area (TPSA) is 88.2 Å². The third-order valence-corrected chi connectivity index (χ3v) is 7.53. The molecule has 0 saturated heterocycles. The highest BCUT2D eigenvalue weighted by Gasteiger charge is 2.23. The quantitative estimate of drug-likeness (QED) is 0.461. The van der Waals surface area contributed by atoms with Crippen LogP contribution in [0.25, 0.3) is 0 Å². The van der Waals surface area contributed by atoms with Crippen LogP contribution in [0.1, 0.15) is 22.0 Å². The Morgan fingerprint density at radius 1 is 0.886 bits per heavy atom. The second-order valence-electron chi connectivity index (χ2n) is 8.16. The summed E-state index contributed by atoms with van der Waals surface area (Å²) in [6, 6.07) is 20.3. The molecule has 0 fully saturated rings. The molecule has 9 heteroatoms. The number of carbonyl (C=O) groups is 1. The Morgan fingerprint density at radius 2 is 1.54 bits per heavy atom. The van der Waals surface area contributed by atoms with Crippen molar-refractivity contribution in [3.63, 3.8) is 0 Å². The first-order valence-corrected chi connectivity index (χ1v) is 12.4. The van der Waals surface area contributed by atoms with Crippen LogP contribution in [0, 0.1) is 0 Å². The van der Waals surface area contributed by atoms with Gasteiger partial charge in [0.05, 0.1) is 30.8 Å². The molecule has 0 saturated carbocycles. The zero-order valence-electron chi connectivity index (χ0n) is 20.6. The van der Waals surface area contributed by atoms with Crippen LogP contribution in [-0.4, -0.2) is 61.1 Å². The standard InChI is InChI=1S/C26H31N3O5S/c1-28(2)25(19-8-6-10-23(16-19)34-5)18-27-26(30)20-9-7-11-24(17-20)35(31,32)29(3)21-12-14-22(33-4)15-13-21/h6-17,25H,18H2,1-5H3,(H,27,30). The van der Waals surface area contributed by atoms with E-state index in [1.165, 1.54) is 23.5 Å². The maximum atomic E-state index is 13.2. The van der Waals surface area contributed by atoms with E-state index < -0.39 is 10.0 Å². The number of hydrogen-bond donors (Lipinski definition) is 1. The van der Waals surface area contributed by atoms with Crippen molar-refractivity contribution in [1.82, 2.24) is 10.2 Å². The number of hydrogen-bond acceptors (Lipinski definition) is 6. The lowest BCUT2D eigenvalue weighted by Gasteiger charge is -2.25. The van der Waals surface area contributed by atoms with Gasteiger partial charge in [-0.3, -0.25) is 9.10 Å². The molecule has 3 rings (SSSR count). The van der Waals surface area contributed by atoms with Crippen LogP contribution in [-0.2, 0) is 10.0 Å². The molecule has 0 aromatic heterocycles. The fraction of sp³-hybridized carbons (Fsp3) is 0.269. The third kappa shape index (κ3) is 6.12. The summed E-state index contributed by atoms with van der Waals surface area (Å²) in [4.78, 5) is 15.0. The SMILES string of the molecule is COc1ccc(N(C)S(=O)(=O)c2cccc(C(=O)NCC(c3cccc(OC)c3)N(C)C)c2)cc1. The number of methoxy groups -OCH3 is 2. The van der Waals surface area contributed by atoms with Gasteiger partial charge in [0.2, 0.25) is 0 Å². The second kappa shape index (κ2) is 11.2. The van der Waals surface area contributed by atoms with Crippen LogP contribution in [0.4, 0.5) is 5.69 Å². The molecule has 3 aromatic carbocycles. The molecular formula is C26H31N3O5S. The van der Waals surface area contributed by atoms with Crippen LogP contribution >= 0.6 is 0 Å². The summed E-state index contributed by atoms with van der Waals surface area (Å²) in [6.07, 6.45) is 0. The molecule has 0 aliphatic heterocycles. The van der Waals surface area contributed by atoms with Crippen molar-refractivity contribution in [3.05, 3.63) is 83.9 Å². The van der Waals surface area contributed by atoms with Crippen molar-refractivity contribution in [3.8, 4) is 11.5 Å². The van der Waals surface area contributed by atoms with Gasteiger partial charge < -0.3 is 19.7 Å². The van der Waals surface area contributed by atoms with Gasteiger partial charge in [-0.25, -0.2) is 8.42 Å². The molecular weight excluding hydrogens is 466 g/mol. The van der Waals surface area contributed by atoms with Crippen molar-refractivity contribution < 1.29 is 22.7 Å². The van der Waals surface area contributed by atoms with Gasteiger partial charge in [-0.05, 0) is 74.3 Å². The number of anilines is 1. The molecule has 35 heavy (non-hydrogen) atoms. The Hall–Kier alpha value is -3.56. The number of carbonyl (C=O) groups excluding carboxylic acids is 1. The lowest BCUT2D eigenvalue weighted by Crippen LogP contribution is -2.34. The first kappa shape index (κ1) is 26.1. The van der Waals surface area contributed by atoms with E-state index in [9.17, 15) is 13.2 Å². The first-order valence-electron chi connectivity index (χ1n) is 11.0. The fourth-order valence-electron chi connectivity index (χ4n) is 3.63. The highest BCUT2D eigenvalue weighted by atomic mass is 32.2. The lowest BCUT2D eigenvalue weighted by atomic mass is 10.1. The number of nitrogens with zero attached hydrogens (tertiary/aromatic N) is 2. The summed E-state index contributed by atoms with van der Waals surface area (Å²) in [7, 11) is 4.61. The minimum atomic E-state index is -3.87. The fourth-order valence-corrected chi connectivity index (χ4v) is 4.87. The molecule has 1 atom stereocenters. The summed E-state index contributed by atoms with van der Waals surface area (Å²) in [6.45, 7) is 0.335. The molecule has 0 aliphatic carbocycles. The molecule has 186 valence electrons. The molecule has 0 radical (unpaired) electrons. The number of sulfonamides is 1. The maximum absolute atomic E-state index is 13.2. The summed E-state index contributed by atoms with van der Waals surface area (Å²) in [5.74, 6) is 1.01. The van der Waals surface area contributed by atoms with Gasteiger partial charge in [0.1, 0.15) is 11.5 Å². The van der Waals surface area contributed by atoms with Gasteiger partial charge in [-0.15, -0.1) is 0 Å². The number of rotatable bonds is 10. The lowest BCUT2D eigenvalue weighted by molar-refractivity contribution is 0.0941. The van der Waals surface area contributed by atoms with E-state index >= 15 is 0 Å². The Kier molecular flexibility index (Phi) is 8.37. The monoisotopic (exact) mass is 497 g/mol. The van der Waals surface area contributed by atoms with Gasteiger partial charge >= 0.3 is 0 Å². The molecule has 0 aliphatic rings. The van der Waals surface area contributed by atoms with Crippen LogP contribution < -0.4 is 19.1 Å². The Morgan fingerprint density at radius 3 is 2.17 bits per heavy atom. The average molecular weight is 498 g/mol. The zero-order chi connectivity index (χ0) is 25.6. The van der Waals surface area contributed by atoms with E-state index in [2.05, 4.69) is 5.32 Å². The highest BCUT2D eigenvalue weighted by molar-refractivity contribution is 7.92. The van der Waals surface area contributed by atoms with E-state index in [0.717, 1.165) is 11.3 Å². The van der Waals surface area contributed by atoms with Crippen LogP contribution in [0.5, 0.6) is 11.5 Å². The minimum Gasteiger partial charge on any atom is -0.497 e. The molecule has 1 N–H and O–H groups in total. The number of ether oxygens (including phenoxy) is 2. The molecule has 8 nitrogen and oxygen atoms in total. The van der Waals surface area contributed by atoms with E-state index in [0.29, 0.717) is 18.0 Å². The number of nitrogens with one attached hydrogen (secondary N) is 1. The Labute approximate surface area is 207 Å². The summed E-state index contributed by atoms with van der Waals surface area (Å²) >= 11 is 0. The van der Waals surface area contributed by atoms with Gasteiger partial charge in [-0.1, -0.05) is 18.2 Å². The maximum Gasteiger partial charge on any atom is 0.264 e. The Balaban J connectivity index is 1.77. The van der Waals surface area contributed by atoms with Crippen molar-refractivity contribution in [1.29, 1.82) is 0 Å². The van der Waals surface area contributed by atoms with E-state index in [1.54, 1.807) is 50.6 Å². The second-order valence-corrected chi connectivity index (χ2v) is 10.1. The van der Waals surface area contributed by atoms with Crippen LogP contribution in [0.2, 0.25) is 0 Å². The van der Waals surface area contributed by atoms with Crippen molar-refractivity contribution in [2.24, 2.45) is 0 Å². The Bertz CT molecular complexity index is 1260. The van der Waals surface area contributed by atoms with Crippen molar-refractivity contribution in [2.75, 3.05) is 46.2 Å². The van der Waals surface area contributed by atoms with Crippen molar-refractivity contribution >= 4 is 21.6 Å². The van der Waals surface area contributed by atoms with E-state index in [-0.39, 0.29) is 22.4 Å². The largest absolute Gasteiger partial charge is 0.497 e. The molecule has 0 heterocycles. The molecule has 0 bridgehead atoms. The highest BCUT2D eigenvalue weighted by Crippen LogP contribution is 2.25. The van der Waals surface area contributed by atoms with Crippen LogP contribution in [0.15, 0.2) is 77.7 Å². The zero-order valence-corrected chi connectivity index (χ0v) is 21.4. The summed E-state index contributed by atoms with van der Waals surface area (Å²) in [5.41, 5.74) is 1.73. The van der Waals surface area contributed by atoms with E-state index in [1.807, 2.05) is 43.3 Å². The normalized spacial score (nSPS) is 12.2. The van der Waals surface area contributed by atoms with Gasteiger partial charge in [0, 0.05) is 19.2 Å².